The molecule has 0 radical (unpaired) electrons. The van der Waals surface area contributed by atoms with Crippen molar-refractivity contribution < 1.29 is 17.9 Å². The van der Waals surface area contributed by atoms with E-state index in [-0.39, 0.29) is 11.5 Å². The van der Waals surface area contributed by atoms with E-state index in [0.29, 0.717) is 44.4 Å². The topological polar surface area (TPSA) is 61.5 Å². The van der Waals surface area contributed by atoms with E-state index in [0.717, 1.165) is 37.7 Å². The Bertz CT molecular complexity index is 917. The predicted octanol–water partition coefficient (Wildman–Crippen LogP) is 3.00. The van der Waals surface area contributed by atoms with Gasteiger partial charge in [0.05, 0.1) is 24.5 Å². The minimum absolute atomic E-state index is 0.159. The van der Waals surface area contributed by atoms with Crippen LogP contribution in [0.2, 0.25) is 0 Å². The number of ether oxygens (including phenoxy) is 1. The molecule has 2 aliphatic rings. The minimum Gasteiger partial charge on any atom is -0.378 e. The maximum Gasteiger partial charge on any atom is 0.416 e. The van der Waals surface area contributed by atoms with Crippen LogP contribution < -0.4 is 10.5 Å². The molecule has 0 unspecified atom stereocenters. The lowest BCUT2D eigenvalue weighted by molar-refractivity contribution is -0.137. The molecule has 0 saturated carbocycles. The van der Waals surface area contributed by atoms with E-state index in [1.54, 1.807) is 12.1 Å². The number of piperidine rings is 1. The first kappa shape index (κ1) is 20.9. The van der Waals surface area contributed by atoms with Gasteiger partial charge in [-0.05, 0) is 37.6 Å². The lowest BCUT2D eigenvalue weighted by Gasteiger charge is -2.32. The van der Waals surface area contributed by atoms with Gasteiger partial charge in [-0.15, -0.1) is 0 Å². The number of hydrogen-bond acceptors (Lipinski definition) is 5. The number of H-pyrrole nitrogens is 1. The summed E-state index contributed by atoms with van der Waals surface area (Å²) in [5, 5.41) is 0. The summed E-state index contributed by atoms with van der Waals surface area (Å²) >= 11 is 0. The zero-order valence-corrected chi connectivity index (χ0v) is 16.6. The number of rotatable bonds is 4. The van der Waals surface area contributed by atoms with Gasteiger partial charge in [-0.25, -0.2) is 4.98 Å². The first-order chi connectivity index (χ1) is 14.4. The number of benzene rings is 1. The van der Waals surface area contributed by atoms with Crippen molar-refractivity contribution in [3.63, 3.8) is 0 Å². The molecule has 4 rings (SSSR count). The van der Waals surface area contributed by atoms with Crippen molar-refractivity contribution in [1.29, 1.82) is 0 Å². The highest BCUT2D eigenvalue weighted by Crippen LogP contribution is 2.31. The van der Waals surface area contributed by atoms with Crippen LogP contribution in [0.5, 0.6) is 0 Å². The maximum atomic E-state index is 12.9. The summed E-state index contributed by atoms with van der Waals surface area (Å²) in [6, 6.07) is 7.07. The van der Waals surface area contributed by atoms with Crippen molar-refractivity contribution in [2.45, 2.75) is 31.5 Å². The highest BCUT2D eigenvalue weighted by Gasteiger charge is 2.30. The molecule has 2 fully saturated rings. The van der Waals surface area contributed by atoms with Gasteiger partial charge in [0.1, 0.15) is 0 Å². The van der Waals surface area contributed by atoms with Crippen molar-refractivity contribution >= 4 is 5.95 Å². The molecule has 6 nitrogen and oxygen atoms in total. The van der Waals surface area contributed by atoms with E-state index in [2.05, 4.69) is 9.88 Å². The van der Waals surface area contributed by atoms with Crippen LogP contribution in [0.25, 0.3) is 0 Å². The number of anilines is 1. The van der Waals surface area contributed by atoms with Crippen LogP contribution in [0, 0.1) is 0 Å². The zero-order valence-electron chi connectivity index (χ0n) is 16.6. The third-order valence-electron chi connectivity index (χ3n) is 5.73. The molecule has 1 aromatic heterocycles. The lowest BCUT2D eigenvalue weighted by atomic mass is 9.93. The van der Waals surface area contributed by atoms with Gasteiger partial charge in [-0.1, -0.05) is 18.2 Å². The van der Waals surface area contributed by atoms with Gasteiger partial charge < -0.3 is 9.64 Å². The van der Waals surface area contributed by atoms with Gasteiger partial charge in [0.15, 0.2) is 0 Å². The monoisotopic (exact) mass is 422 g/mol. The van der Waals surface area contributed by atoms with Crippen LogP contribution in [0.1, 0.15) is 35.6 Å². The van der Waals surface area contributed by atoms with E-state index in [1.807, 2.05) is 4.90 Å². The Balaban J connectivity index is 1.39. The average Bonchev–Trinajstić information content (AvgIpc) is 2.74. The summed E-state index contributed by atoms with van der Waals surface area (Å²) in [6.07, 6.45) is -2.69. The number of morpholine rings is 1. The number of alkyl halides is 3. The average molecular weight is 422 g/mol. The van der Waals surface area contributed by atoms with Crippen LogP contribution in [-0.4, -0.2) is 54.3 Å². The third-order valence-corrected chi connectivity index (χ3v) is 5.73. The first-order valence-electron chi connectivity index (χ1n) is 10.2. The van der Waals surface area contributed by atoms with Crippen LogP contribution in [0.3, 0.4) is 0 Å². The van der Waals surface area contributed by atoms with Crippen LogP contribution in [0.15, 0.2) is 35.1 Å². The second-order valence-electron chi connectivity index (χ2n) is 7.84. The molecule has 3 heterocycles. The number of halogens is 3. The highest BCUT2D eigenvalue weighted by atomic mass is 19.4. The van der Waals surface area contributed by atoms with Crippen LogP contribution >= 0.6 is 0 Å². The van der Waals surface area contributed by atoms with Gasteiger partial charge in [-0.2, -0.15) is 13.2 Å². The lowest BCUT2D eigenvalue weighted by Crippen LogP contribution is -2.39. The van der Waals surface area contributed by atoms with E-state index in [4.69, 9.17) is 9.72 Å². The van der Waals surface area contributed by atoms with Gasteiger partial charge in [0.25, 0.3) is 5.56 Å². The Morgan fingerprint density at radius 3 is 2.53 bits per heavy atom. The Kier molecular flexibility index (Phi) is 6.10. The van der Waals surface area contributed by atoms with Crippen molar-refractivity contribution in [3.05, 3.63) is 57.5 Å². The normalized spacial score (nSPS) is 19.2. The molecule has 0 aliphatic carbocycles. The molecular weight excluding hydrogens is 397 g/mol. The molecule has 2 aliphatic heterocycles. The second kappa shape index (κ2) is 8.77. The van der Waals surface area contributed by atoms with E-state index in [1.165, 1.54) is 12.1 Å². The Morgan fingerprint density at radius 2 is 1.83 bits per heavy atom. The third kappa shape index (κ3) is 5.02. The molecule has 162 valence electrons. The number of aromatic amines is 1. The molecule has 0 spiro atoms. The molecule has 1 N–H and O–H groups in total. The van der Waals surface area contributed by atoms with Gasteiger partial charge >= 0.3 is 6.18 Å². The van der Waals surface area contributed by atoms with Crippen molar-refractivity contribution in [2.24, 2.45) is 0 Å². The molecule has 0 amide bonds. The SMILES string of the molecule is O=c1cc(C2CCN(Cc3cccc(C(F)(F)F)c3)CC2)nc(N2CCOCC2)[nH]1. The summed E-state index contributed by atoms with van der Waals surface area (Å²) < 4.78 is 44.1. The predicted molar refractivity (Wildman–Crippen MR) is 107 cm³/mol. The molecule has 0 atom stereocenters. The van der Waals surface area contributed by atoms with Crippen molar-refractivity contribution in [1.82, 2.24) is 14.9 Å². The van der Waals surface area contributed by atoms with E-state index in [9.17, 15) is 18.0 Å². The molecule has 0 bridgehead atoms. The summed E-state index contributed by atoms with van der Waals surface area (Å²) in [7, 11) is 0. The Hall–Kier alpha value is -2.39. The molecule has 30 heavy (non-hydrogen) atoms. The van der Waals surface area contributed by atoms with Crippen molar-refractivity contribution in [2.75, 3.05) is 44.3 Å². The van der Waals surface area contributed by atoms with Gasteiger partial charge in [-0.3, -0.25) is 14.7 Å². The number of likely N-dealkylation sites (tertiary alicyclic amines) is 1. The summed E-state index contributed by atoms with van der Waals surface area (Å²) in [5.74, 6) is 0.761. The fourth-order valence-corrected chi connectivity index (χ4v) is 4.09. The second-order valence-corrected chi connectivity index (χ2v) is 7.84. The first-order valence-corrected chi connectivity index (χ1v) is 10.2. The summed E-state index contributed by atoms with van der Waals surface area (Å²) in [4.78, 5) is 23.9. The van der Waals surface area contributed by atoms with Crippen LogP contribution in [-0.2, 0) is 17.5 Å². The fourth-order valence-electron chi connectivity index (χ4n) is 4.09. The minimum atomic E-state index is -4.33. The largest absolute Gasteiger partial charge is 0.416 e. The number of nitrogens with one attached hydrogen (secondary N) is 1. The summed E-state index contributed by atoms with van der Waals surface area (Å²) in [6.45, 7) is 4.61. The van der Waals surface area contributed by atoms with Crippen molar-refractivity contribution in [3.8, 4) is 0 Å². The zero-order chi connectivity index (χ0) is 21.1. The van der Waals surface area contributed by atoms with E-state index < -0.39 is 11.7 Å². The number of nitrogens with zero attached hydrogens (tertiary/aromatic N) is 3. The molecule has 2 saturated heterocycles. The molecular formula is C21H25F3N4O2. The fraction of sp³-hybridized carbons (Fsp3) is 0.524. The highest BCUT2D eigenvalue weighted by molar-refractivity contribution is 5.32. The molecule has 9 heteroatoms. The molecule has 1 aromatic carbocycles. The quantitative estimate of drug-likeness (QED) is 0.821. The Morgan fingerprint density at radius 1 is 1.10 bits per heavy atom. The van der Waals surface area contributed by atoms with E-state index >= 15 is 0 Å². The van der Waals surface area contributed by atoms with Gasteiger partial charge in [0.2, 0.25) is 5.95 Å². The summed E-state index contributed by atoms with van der Waals surface area (Å²) in [5.41, 5.74) is 0.678. The van der Waals surface area contributed by atoms with Crippen LogP contribution in [0.4, 0.5) is 19.1 Å². The smallest absolute Gasteiger partial charge is 0.378 e. The number of hydrogen-bond donors (Lipinski definition) is 1. The maximum absolute atomic E-state index is 12.9. The molecule has 2 aromatic rings. The number of aromatic nitrogens is 2. The van der Waals surface area contributed by atoms with Gasteiger partial charge in [0, 0.05) is 31.6 Å². The Labute approximate surface area is 172 Å². The standard InChI is InChI=1S/C21H25F3N4O2/c22-21(23,24)17-3-1-2-15(12-17)14-27-6-4-16(5-7-27)18-13-19(29)26-20(25-18)28-8-10-30-11-9-28/h1-3,12-13,16H,4-11,14H2,(H,25,26,29).